The largest absolute Gasteiger partial charge is 0.356 e. The van der Waals surface area contributed by atoms with Crippen LogP contribution in [0.5, 0.6) is 0 Å². The van der Waals surface area contributed by atoms with Gasteiger partial charge < -0.3 is 15.2 Å². The highest BCUT2D eigenvalue weighted by atomic mass is 79.9. The second kappa shape index (κ2) is 7.46. The van der Waals surface area contributed by atoms with Crippen molar-refractivity contribution in [3.63, 3.8) is 0 Å². The summed E-state index contributed by atoms with van der Waals surface area (Å²) in [5.41, 5.74) is 1.99. The van der Waals surface area contributed by atoms with E-state index in [9.17, 15) is 4.79 Å². The third-order valence-corrected chi connectivity index (χ3v) is 5.28. The monoisotopic (exact) mass is 421 g/mol. The fraction of sp³-hybridized carbons (Fsp3) is 0.353. The summed E-state index contributed by atoms with van der Waals surface area (Å²) in [6, 6.07) is 7.28. The SMILES string of the molecule is Cc1[nH]c(C(=O)NC2CCN(c3cc(C#N)cc(Cl)n3)CC2)cc1Br. The van der Waals surface area contributed by atoms with Crippen molar-refractivity contribution in [2.45, 2.75) is 25.8 Å². The van der Waals surface area contributed by atoms with Gasteiger partial charge in [0.15, 0.2) is 0 Å². The van der Waals surface area contributed by atoms with Crippen molar-refractivity contribution in [3.8, 4) is 6.07 Å². The van der Waals surface area contributed by atoms with Crippen molar-refractivity contribution in [1.29, 1.82) is 5.26 Å². The van der Waals surface area contributed by atoms with E-state index in [1.165, 1.54) is 0 Å². The smallest absolute Gasteiger partial charge is 0.267 e. The summed E-state index contributed by atoms with van der Waals surface area (Å²) in [5.74, 6) is 0.609. The van der Waals surface area contributed by atoms with Gasteiger partial charge in [0.2, 0.25) is 0 Å². The third kappa shape index (κ3) is 4.14. The van der Waals surface area contributed by atoms with Gasteiger partial charge in [-0.3, -0.25) is 4.79 Å². The van der Waals surface area contributed by atoms with Crippen LogP contribution < -0.4 is 10.2 Å². The van der Waals surface area contributed by atoms with Crippen LogP contribution in [0.15, 0.2) is 22.7 Å². The molecule has 0 saturated carbocycles. The molecule has 1 fully saturated rings. The van der Waals surface area contributed by atoms with Crippen LogP contribution in [0.4, 0.5) is 5.82 Å². The van der Waals surface area contributed by atoms with Crippen molar-refractivity contribution in [3.05, 3.63) is 44.8 Å². The average Bonchev–Trinajstić information content (AvgIpc) is 2.94. The van der Waals surface area contributed by atoms with E-state index in [4.69, 9.17) is 16.9 Å². The number of hydrogen-bond donors (Lipinski definition) is 2. The summed E-state index contributed by atoms with van der Waals surface area (Å²) in [6.45, 7) is 3.40. The molecule has 2 aromatic heterocycles. The number of rotatable bonds is 3. The highest BCUT2D eigenvalue weighted by Gasteiger charge is 2.23. The number of hydrogen-bond acceptors (Lipinski definition) is 4. The maximum Gasteiger partial charge on any atom is 0.267 e. The molecule has 1 aliphatic heterocycles. The van der Waals surface area contributed by atoms with Crippen LogP contribution in [0.25, 0.3) is 0 Å². The predicted molar refractivity (Wildman–Crippen MR) is 99.9 cm³/mol. The Bertz CT molecular complexity index is 817. The van der Waals surface area contributed by atoms with Crippen molar-refractivity contribution < 1.29 is 4.79 Å². The molecule has 0 aromatic carbocycles. The first-order valence-corrected chi connectivity index (χ1v) is 9.12. The van der Waals surface area contributed by atoms with E-state index < -0.39 is 0 Å². The Labute approximate surface area is 159 Å². The molecule has 1 saturated heterocycles. The first-order chi connectivity index (χ1) is 12.0. The number of aromatic nitrogens is 2. The minimum Gasteiger partial charge on any atom is -0.356 e. The summed E-state index contributed by atoms with van der Waals surface area (Å²) >= 11 is 9.38. The normalized spacial score (nSPS) is 15.0. The van der Waals surface area contributed by atoms with Crippen molar-refractivity contribution in [1.82, 2.24) is 15.3 Å². The number of halogens is 2. The van der Waals surface area contributed by atoms with Crippen LogP contribution in [0.1, 0.15) is 34.6 Å². The maximum atomic E-state index is 12.3. The summed E-state index contributed by atoms with van der Waals surface area (Å²) < 4.78 is 0.896. The van der Waals surface area contributed by atoms with Crippen LogP contribution >= 0.6 is 27.5 Å². The molecule has 6 nitrogen and oxygen atoms in total. The number of pyridine rings is 1. The number of nitrogens with zero attached hydrogens (tertiary/aromatic N) is 3. The predicted octanol–water partition coefficient (Wildman–Crippen LogP) is 3.40. The molecule has 0 spiro atoms. The first kappa shape index (κ1) is 17.8. The van der Waals surface area contributed by atoms with E-state index >= 15 is 0 Å². The van der Waals surface area contributed by atoms with E-state index in [0.29, 0.717) is 22.2 Å². The van der Waals surface area contributed by atoms with Crippen LogP contribution in [-0.4, -0.2) is 35.0 Å². The van der Waals surface area contributed by atoms with Crippen LogP contribution in [-0.2, 0) is 0 Å². The van der Waals surface area contributed by atoms with Crippen molar-refractivity contribution in [2.24, 2.45) is 0 Å². The molecular weight excluding hydrogens is 406 g/mol. The Morgan fingerprint density at radius 2 is 2.16 bits per heavy atom. The molecule has 0 bridgehead atoms. The lowest BCUT2D eigenvalue weighted by Crippen LogP contribution is -2.45. The van der Waals surface area contributed by atoms with E-state index in [0.717, 1.165) is 36.1 Å². The molecule has 25 heavy (non-hydrogen) atoms. The van der Waals surface area contributed by atoms with Crippen LogP contribution in [0.2, 0.25) is 5.15 Å². The quantitative estimate of drug-likeness (QED) is 0.742. The van der Waals surface area contributed by atoms with Gasteiger partial charge in [0.1, 0.15) is 16.7 Å². The van der Waals surface area contributed by atoms with E-state index in [-0.39, 0.29) is 11.9 Å². The highest BCUT2D eigenvalue weighted by Crippen LogP contribution is 2.22. The number of aryl methyl sites for hydroxylation is 1. The summed E-state index contributed by atoms with van der Waals surface area (Å²) in [4.78, 5) is 21.8. The number of amides is 1. The lowest BCUT2D eigenvalue weighted by Gasteiger charge is -2.33. The number of carbonyl (C=O) groups is 1. The van der Waals surface area contributed by atoms with E-state index in [1.807, 2.05) is 6.92 Å². The number of anilines is 1. The third-order valence-electron chi connectivity index (χ3n) is 4.26. The van der Waals surface area contributed by atoms with Gasteiger partial charge in [0.25, 0.3) is 5.91 Å². The number of H-pyrrole nitrogens is 1. The van der Waals surface area contributed by atoms with Crippen LogP contribution in [0, 0.1) is 18.3 Å². The molecule has 2 N–H and O–H groups in total. The molecule has 0 atom stereocenters. The summed E-state index contributed by atoms with van der Waals surface area (Å²) in [6.07, 6.45) is 1.62. The summed E-state index contributed by atoms with van der Waals surface area (Å²) in [7, 11) is 0. The second-order valence-electron chi connectivity index (χ2n) is 6.04. The molecule has 3 heterocycles. The van der Waals surface area contributed by atoms with E-state index in [1.54, 1.807) is 18.2 Å². The van der Waals surface area contributed by atoms with Gasteiger partial charge in [0, 0.05) is 29.3 Å². The van der Waals surface area contributed by atoms with Crippen LogP contribution in [0.3, 0.4) is 0 Å². The van der Waals surface area contributed by atoms with Gasteiger partial charge in [0.05, 0.1) is 11.6 Å². The number of aromatic amines is 1. The zero-order valence-electron chi connectivity index (χ0n) is 13.6. The molecule has 0 unspecified atom stereocenters. The molecular formula is C17H17BrClN5O. The fourth-order valence-corrected chi connectivity index (χ4v) is 3.41. The average molecular weight is 423 g/mol. The van der Waals surface area contributed by atoms with Gasteiger partial charge >= 0.3 is 0 Å². The Morgan fingerprint density at radius 1 is 1.44 bits per heavy atom. The standard InChI is InChI=1S/C17H17BrClN5O/c1-10-13(18)8-14(21-10)17(25)22-12-2-4-24(5-3-12)16-7-11(9-20)6-15(19)23-16/h6-8,12,21H,2-5H2,1H3,(H,22,25). The fourth-order valence-electron chi connectivity index (χ4n) is 2.88. The molecule has 1 aliphatic rings. The lowest BCUT2D eigenvalue weighted by molar-refractivity contribution is 0.0926. The van der Waals surface area contributed by atoms with Crippen molar-refractivity contribution >= 4 is 39.3 Å². The van der Waals surface area contributed by atoms with Gasteiger partial charge in [-0.05, 0) is 53.9 Å². The first-order valence-electron chi connectivity index (χ1n) is 7.95. The molecule has 0 radical (unpaired) electrons. The number of piperidine rings is 1. The molecule has 1 amide bonds. The summed E-state index contributed by atoms with van der Waals surface area (Å²) in [5, 5.41) is 12.4. The molecule has 3 rings (SSSR count). The molecule has 2 aromatic rings. The van der Waals surface area contributed by atoms with Gasteiger partial charge in [-0.15, -0.1) is 0 Å². The molecule has 130 valence electrons. The van der Waals surface area contributed by atoms with Gasteiger partial charge in [-0.2, -0.15) is 5.26 Å². The van der Waals surface area contributed by atoms with Gasteiger partial charge in [-0.25, -0.2) is 4.98 Å². The number of nitrogens with one attached hydrogen (secondary N) is 2. The topological polar surface area (TPSA) is 84.8 Å². The minimum atomic E-state index is -0.0973. The second-order valence-corrected chi connectivity index (χ2v) is 7.28. The Kier molecular flexibility index (Phi) is 5.30. The van der Waals surface area contributed by atoms with E-state index in [2.05, 4.69) is 42.2 Å². The Hall–Kier alpha value is -2.04. The number of nitriles is 1. The highest BCUT2D eigenvalue weighted by molar-refractivity contribution is 9.10. The zero-order valence-corrected chi connectivity index (χ0v) is 16.0. The minimum absolute atomic E-state index is 0.0973. The zero-order chi connectivity index (χ0) is 18.0. The molecule has 8 heteroatoms. The van der Waals surface area contributed by atoms with Crippen molar-refractivity contribution in [2.75, 3.05) is 18.0 Å². The maximum absolute atomic E-state index is 12.3. The number of carbonyl (C=O) groups excluding carboxylic acids is 1. The molecule has 0 aliphatic carbocycles. The Morgan fingerprint density at radius 3 is 2.76 bits per heavy atom. The van der Waals surface area contributed by atoms with Gasteiger partial charge in [-0.1, -0.05) is 11.6 Å². The lowest BCUT2D eigenvalue weighted by atomic mass is 10.0. The Balaban J connectivity index is 1.59.